The molecule has 0 unspecified atom stereocenters. The highest BCUT2D eigenvalue weighted by atomic mass is 16.6. The first-order valence-electron chi connectivity index (χ1n) is 10.9. The van der Waals surface area contributed by atoms with Gasteiger partial charge in [0.25, 0.3) is 0 Å². The van der Waals surface area contributed by atoms with Gasteiger partial charge >= 0.3 is 6.09 Å². The van der Waals surface area contributed by atoms with Crippen molar-refractivity contribution < 1.29 is 9.53 Å². The second-order valence-corrected chi connectivity index (χ2v) is 8.23. The summed E-state index contributed by atoms with van der Waals surface area (Å²) in [6.07, 6.45) is 1.56. The molecule has 2 aliphatic heterocycles. The minimum absolute atomic E-state index is 0.187. The van der Waals surface area contributed by atoms with Crippen molar-refractivity contribution in [2.75, 3.05) is 57.8 Å². The number of piperazine rings is 1. The van der Waals surface area contributed by atoms with Crippen molar-refractivity contribution >= 4 is 29.1 Å². The topological polar surface area (TPSA) is 126 Å². The van der Waals surface area contributed by atoms with Crippen LogP contribution >= 0.6 is 0 Å². The molecule has 32 heavy (non-hydrogen) atoms. The predicted molar refractivity (Wildman–Crippen MR) is 123 cm³/mol. The highest BCUT2D eigenvalue weighted by molar-refractivity contribution is 5.73. The number of anilines is 2. The number of nitrogens with zero attached hydrogens (tertiary/aromatic N) is 6. The number of pyridine rings is 1. The Hall–Kier alpha value is -3.24. The quantitative estimate of drug-likeness (QED) is 0.703. The molecule has 1 aromatic carbocycles. The standard InChI is InChI=1S/C22H30N8O2/c1-28-12-14-29(15-13-28)16-8-10-30(11-9-16)22(31)32-19-5-3-2-4-17(19)26-27-18-6-7-20(23)25-21(18)24/h2-7,16H,8-15H2,1H3,(H4,23,24,25)/b27-26+. The second kappa shape index (κ2) is 9.92. The number of likely N-dealkylation sites (N-methyl/N-ethyl adjacent to an activating group) is 1. The summed E-state index contributed by atoms with van der Waals surface area (Å²) < 4.78 is 5.66. The molecule has 0 saturated carbocycles. The van der Waals surface area contributed by atoms with Crippen LogP contribution in [-0.2, 0) is 0 Å². The number of azo groups is 1. The first-order chi connectivity index (χ1) is 15.5. The van der Waals surface area contributed by atoms with Crippen LogP contribution in [0.25, 0.3) is 0 Å². The Morgan fingerprint density at radius 2 is 1.66 bits per heavy atom. The molecule has 0 radical (unpaired) electrons. The van der Waals surface area contributed by atoms with Crippen molar-refractivity contribution in [3.63, 3.8) is 0 Å². The van der Waals surface area contributed by atoms with Gasteiger partial charge < -0.3 is 26.0 Å². The Kier molecular flexibility index (Phi) is 6.81. The molecule has 2 aromatic rings. The van der Waals surface area contributed by atoms with Crippen molar-refractivity contribution in [2.45, 2.75) is 18.9 Å². The number of likely N-dealkylation sites (tertiary alicyclic amines) is 1. The average Bonchev–Trinajstić information content (AvgIpc) is 2.80. The van der Waals surface area contributed by atoms with Gasteiger partial charge in [0.1, 0.15) is 17.2 Å². The van der Waals surface area contributed by atoms with Gasteiger partial charge in [0.2, 0.25) is 0 Å². The average molecular weight is 439 g/mol. The monoisotopic (exact) mass is 438 g/mol. The molecule has 4 N–H and O–H groups in total. The van der Waals surface area contributed by atoms with Crippen LogP contribution in [0.15, 0.2) is 46.6 Å². The molecule has 2 fully saturated rings. The van der Waals surface area contributed by atoms with E-state index in [4.69, 9.17) is 16.2 Å². The van der Waals surface area contributed by atoms with E-state index in [9.17, 15) is 4.79 Å². The number of para-hydroxylation sites is 1. The lowest BCUT2D eigenvalue weighted by Crippen LogP contribution is -2.53. The van der Waals surface area contributed by atoms with Gasteiger partial charge in [0.05, 0.1) is 0 Å². The third kappa shape index (κ3) is 5.32. The predicted octanol–water partition coefficient (Wildman–Crippen LogP) is 2.87. The summed E-state index contributed by atoms with van der Waals surface area (Å²) in [4.78, 5) is 23.4. The molecule has 0 spiro atoms. The maximum atomic E-state index is 12.8. The van der Waals surface area contributed by atoms with Crippen LogP contribution in [0.5, 0.6) is 5.75 Å². The van der Waals surface area contributed by atoms with Gasteiger partial charge in [-0.3, -0.25) is 4.90 Å². The Morgan fingerprint density at radius 1 is 0.969 bits per heavy atom. The fourth-order valence-electron chi connectivity index (χ4n) is 4.06. The highest BCUT2D eigenvalue weighted by Crippen LogP contribution is 2.31. The molecule has 0 atom stereocenters. The zero-order valence-electron chi connectivity index (χ0n) is 18.4. The fraction of sp³-hybridized carbons (Fsp3) is 0.455. The van der Waals surface area contributed by atoms with E-state index < -0.39 is 0 Å². The van der Waals surface area contributed by atoms with Crippen LogP contribution in [0.3, 0.4) is 0 Å². The third-order valence-electron chi connectivity index (χ3n) is 6.03. The molecule has 2 saturated heterocycles. The van der Waals surface area contributed by atoms with Crippen molar-refractivity contribution in [1.82, 2.24) is 19.7 Å². The van der Waals surface area contributed by atoms with Crippen LogP contribution in [0.2, 0.25) is 0 Å². The third-order valence-corrected chi connectivity index (χ3v) is 6.03. The lowest BCUT2D eigenvalue weighted by atomic mass is 10.0. The molecule has 2 aliphatic rings. The van der Waals surface area contributed by atoms with Crippen molar-refractivity contribution in [3.8, 4) is 5.75 Å². The number of nitrogens with two attached hydrogens (primary N) is 2. The normalized spacial score (nSPS) is 18.8. The van der Waals surface area contributed by atoms with E-state index in [0.717, 1.165) is 39.0 Å². The molecule has 10 heteroatoms. The number of hydrogen-bond donors (Lipinski definition) is 2. The number of ether oxygens (including phenoxy) is 1. The van der Waals surface area contributed by atoms with Gasteiger partial charge in [-0.2, -0.15) is 0 Å². The summed E-state index contributed by atoms with van der Waals surface area (Å²) in [6.45, 7) is 5.77. The van der Waals surface area contributed by atoms with Gasteiger partial charge in [0.15, 0.2) is 11.6 Å². The minimum Gasteiger partial charge on any atom is -0.408 e. The van der Waals surface area contributed by atoms with Crippen molar-refractivity contribution in [3.05, 3.63) is 36.4 Å². The lowest BCUT2D eigenvalue weighted by molar-refractivity contribution is 0.0675. The lowest BCUT2D eigenvalue weighted by Gasteiger charge is -2.41. The van der Waals surface area contributed by atoms with E-state index in [2.05, 4.69) is 32.1 Å². The number of carbonyl (C=O) groups excluding carboxylic acids is 1. The first kappa shape index (κ1) is 22.0. The van der Waals surface area contributed by atoms with Gasteiger partial charge in [-0.15, -0.1) is 10.2 Å². The number of amides is 1. The summed E-state index contributed by atoms with van der Waals surface area (Å²) in [5.74, 6) is 0.850. The maximum absolute atomic E-state index is 12.8. The van der Waals surface area contributed by atoms with E-state index in [1.165, 1.54) is 0 Å². The number of carbonyl (C=O) groups is 1. The Bertz CT molecular complexity index is 966. The highest BCUT2D eigenvalue weighted by Gasteiger charge is 2.29. The zero-order valence-corrected chi connectivity index (χ0v) is 18.4. The number of benzene rings is 1. The van der Waals surface area contributed by atoms with Gasteiger partial charge in [-0.1, -0.05) is 12.1 Å². The molecule has 1 aromatic heterocycles. The summed E-state index contributed by atoms with van der Waals surface area (Å²) in [5.41, 5.74) is 12.3. The van der Waals surface area contributed by atoms with E-state index in [-0.39, 0.29) is 11.9 Å². The van der Waals surface area contributed by atoms with Crippen LogP contribution in [-0.4, -0.2) is 78.1 Å². The zero-order chi connectivity index (χ0) is 22.5. The van der Waals surface area contributed by atoms with Gasteiger partial charge in [0, 0.05) is 45.3 Å². The molecular formula is C22H30N8O2. The number of piperidine rings is 1. The Labute approximate surface area is 187 Å². The molecular weight excluding hydrogens is 408 g/mol. The number of hydrogen-bond acceptors (Lipinski definition) is 9. The van der Waals surface area contributed by atoms with Crippen molar-refractivity contribution in [1.29, 1.82) is 0 Å². The molecule has 10 nitrogen and oxygen atoms in total. The molecule has 4 rings (SSSR count). The maximum Gasteiger partial charge on any atom is 0.415 e. The summed E-state index contributed by atoms with van der Waals surface area (Å²) in [5, 5.41) is 8.33. The van der Waals surface area contributed by atoms with Crippen LogP contribution in [0.1, 0.15) is 12.8 Å². The fourth-order valence-corrected chi connectivity index (χ4v) is 4.06. The molecule has 0 aliphatic carbocycles. The van der Waals surface area contributed by atoms with Crippen molar-refractivity contribution in [2.24, 2.45) is 10.2 Å². The summed E-state index contributed by atoms with van der Waals surface area (Å²) in [6, 6.07) is 10.8. The number of nitrogen functional groups attached to an aromatic ring is 2. The van der Waals surface area contributed by atoms with Crippen LogP contribution < -0.4 is 16.2 Å². The smallest absolute Gasteiger partial charge is 0.408 e. The molecule has 1 amide bonds. The minimum atomic E-state index is -0.363. The summed E-state index contributed by atoms with van der Waals surface area (Å²) >= 11 is 0. The van der Waals surface area contributed by atoms with Gasteiger partial charge in [-0.05, 0) is 44.2 Å². The van der Waals surface area contributed by atoms with E-state index in [0.29, 0.717) is 42.1 Å². The molecule has 170 valence electrons. The van der Waals surface area contributed by atoms with Gasteiger partial charge in [-0.25, -0.2) is 9.78 Å². The first-order valence-corrected chi connectivity index (χ1v) is 10.9. The Balaban J connectivity index is 1.35. The van der Waals surface area contributed by atoms with E-state index >= 15 is 0 Å². The largest absolute Gasteiger partial charge is 0.415 e. The van der Waals surface area contributed by atoms with E-state index in [1.807, 2.05) is 0 Å². The second-order valence-electron chi connectivity index (χ2n) is 8.23. The van der Waals surface area contributed by atoms with E-state index in [1.54, 1.807) is 41.3 Å². The molecule has 3 heterocycles. The molecule has 0 bridgehead atoms. The van der Waals surface area contributed by atoms with Crippen LogP contribution in [0, 0.1) is 0 Å². The number of aromatic nitrogens is 1. The Morgan fingerprint density at radius 3 is 2.38 bits per heavy atom. The number of rotatable bonds is 4. The van der Waals surface area contributed by atoms with Crippen LogP contribution in [0.4, 0.5) is 27.8 Å². The SMILES string of the molecule is CN1CCN(C2CCN(C(=O)Oc3ccccc3/N=N/c3ccc(N)nc3N)CC2)CC1. The summed E-state index contributed by atoms with van der Waals surface area (Å²) in [7, 11) is 2.16.